The molecule has 0 unspecified atom stereocenters. The van der Waals surface area contributed by atoms with E-state index < -0.39 is 5.54 Å². The van der Waals surface area contributed by atoms with Gasteiger partial charge in [-0.25, -0.2) is 0 Å². The predicted octanol–water partition coefficient (Wildman–Crippen LogP) is 2.73. The molecular formula is C18H24N2O2. The Kier molecular flexibility index (Phi) is 3.94. The molecule has 2 aliphatic rings. The van der Waals surface area contributed by atoms with Gasteiger partial charge < -0.3 is 10.2 Å². The molecule has 0 saturated heterocycles. The summed E-state index contributed by atoms with van der Waals surface area (Å²) in [5, 5.41) is 3.10. The van der Waals surface area contributed by atoms with Gasteiger partial charge >= 0.3 is 0 Å². The predicted molar refractivity (Wildman–Crippen MR) is 86.5 cm³/mol. The molecule has 2 fully saturated rings. The molecule has 3 rings (SSSR count). The number of nitrogens with one attached hydrogen (secondary N) is 1. The lowest BCUT2D eigenvalue weighted by atomic mass is 10.0. The van der Waals surface area contributed by atoms with Crippen LogP contribution in [0.2, 0.25) is 0 Å². The summed E-state index contributed by atoms with van der Waals surface area (Å²) < 4.78 is 0. The van der Waals surface area contributed by atoms with Gasteiger partial charge in [-0.05, 0) is 51.7 Å². The van der Waals surface area contributed by atoms with E-state index in [1.165, 1.54) is 0 Å². The van der Waals surface area contributed by atoms with Crippen LogP contribution in [0.5, 0.6) is 0 Å². The highest BCUT2D eigenvalue weighted by Gasteiger charge is 2.38. The summed E-state index contributed by atoms with van der Waals surface area (Å²) in [7, 11) is 0. The van der Waals surface area contributed by atoms with Crippen molar-refractivity contribution in [1.82, 2.24) is 5.32 Å². The molecule has 0 aromatic heterocycles. The van der Waals surface area contributed by atoms with Crippen LogP contribution in [-0.4, -0.2) is 23.9 Å². The zero-order valence-electron chi connectivity index (χ0n) is 13.3. The third kappa shape index (κ3) is 3.67. The first-order valence-electron chi connectivity index (χ1n) is 8.15. The lowest BCUT2D eigenvalue weighted by Crippen LogP contribution is -2.53. The van der Waals surface area contributed by atoms with Crippen LogP contribution in [0.15, 0.2) is 30.3 Å². The van der Waals surface area contributed by atoms with Crippen LogP contribution >= 0.6 is 0 Å². The Bertz CT molecular complexity index is 560. The van der Waals surface area contributed by atoms with E-state index in [-0.39, 0.29) is 23.7 Å². The Morgan fingerprint density at radius 2 is 1.68 bits per heavy atom. The van der Waals surface area contributed by atoms with Gasteiger partial charge in [0.2, 0.25) is 11.8 Å². The summed E-state index contributed by atoms with van der Waals surface area (Å²) in [5.74, 6) is 0.649. The van der Waals surface area contributed by atoms with E-state index >= 15 is 0 Å². The van der Waals surface area contributed by atoms with Crippen molar-refractivity contribution < 1.29 is 9.59 Å². The summed E-state index contributed by atoms with van der Waals surface area (Å²) in [6, 6.07) is 9.75. The van der Waals surface area contributed by atoms with Gasteiger partial charge in [0.15, 0.2) is 0 Å². The highest BCUT2D eigenvalue weighted by atomic mass is 16.2. The van der Waals surface area contributed by atoms with Crippen molar-refractivity contribution in [2.75, 3.05) is 11.4 Å². The fraction of sp³-hybridized carbons (Fsp3) is 0.556. The summed E-state index contributed by atoms with van der Waals surface area (Å²) in [4.78, 5) is 26.5. The van der Waals surface area contributed by atoms with Crippen LogP contribution in [0.25, 0.3) is 0 Å². The van der Waals surface area contributed by atoms with Gasteiger partial charge in [0.25, 0.3) is 0 Å². The van der Waals surface area contributed by atoms with Gasteiger partial charge in [0.05, 0.1) is 5.54 Å². The molecule has 1 N–H and O–H groups in total. The average molecular weight is 300 g/mol. The van der Waals surface area contributed by atoms with Crippen LogP contribution in [-0.2, 0) is 9.59 Å². The number of anilines is 1. The van der Waals surface area contributed by atoms with E-state index in [1.54, 1.807) is 0 Å². The molecular weight excluding hydrogens is 276 g/mol. The zero-order valence-corrected chi connectivity index (χ0v) is 13.3. The molecule has 1 aromatic carbocycles. The van der Waals surface area contributed by atoms with Crippen LogP contribution in [0.1, 0.15) is 39.5 Å². The number of para-hydroxylation sites is 1. The minimum atomic E-state index is -0.430. The Hall–Kier alpha value is -1.84. The summed E-state index contributed by atoms with van der Waals surface area (Å²) in [6.07, 6.45) is 3.95. The summed E-state index contributed by atoms with van der Waals surface area (Å²) >= 11 is 0. The third-order valence-corrected chi connectivity index (χ3v) is 4.22. The van der Waals surface area contributed by atoms with Crippen molar-refractivity contribution in [2.24, 2.45) is 11.8 Å². The van der Waals surface area contributed by atoms with Crippen molar-refractivity contribution in [1.29, 1.82) is 0 Å². The van der Waals surface area contributed by atoms with E-state index in [9.17, 15) is 9.59 Å². The molecule has 22 heavy (non-hydrogen) atoms. The van der Waals surface area contributed by atoms with Crippen LogP contribution in [0.3, 0.4) is 0 Å². The zero-order chi connectivity index (χ0) is 15.7. The second kappa shape index (κ2) is 5.75. The topological polar surface area (TPSA) is 49.4 Å². The number of benzene rings is 1. The van der Waals surface area contributed by atoms with Crippen molar-refractivity contribution in [3.05, 3.63) is 30.3 Å². The van der Waals surface area contributed by atoms with Gasteiger partial charge in [0, 0.05) is 24.1 Å². The fourth-order valence-electron chi connectivity index (χ4n) is 2.67. The molecule has 2 amide bonds. The number of rotatable bonds is 6. The second-order valence-corrected chi connectivity index (χ2v) is 7.18. The molecule has 0 spiro atoms. The van der Waals surface area contributed by atoms with E-state index in [1.807, 2.05) is 49.1 Å². The van der Waals surface area contributed by atoms with Gasteiger partial charge in [-0.2, -0.15) is 0 Å². The maximum absolute atomic E-state index is 12.6. The first-order valence-corrected chi connectivity index (χ1v) is 8.15. The van der Waals surface area contributed by atoms with Crippen molar-refractivity contribution in [3.8, 4) is 0 Å². The van der Waals surface area contributed by atoms with Crippen molar-refractivity contribution in [2.45, 2.75) is 45.1 Å². The van der Waals surface area contributed by atoms with E-state index in [2.05, 4.69) is 5.32 Å². The molecule has 1 aromatic rings. The summed E-state index contributed by atoms with van der Waals surface area (Å²) in [5.41, 5.74) is 0.480. The molecule has 118 valence electrons. The number of amides is 2. The highest BCUT2D eigenvalue weighted by Crippen LogP contribution is 2.34. The number of hydrogen-bond donors (Lipinski definition) is 1. The van der Waals surface area contributed by atoms with Crippen molar-refractivity contribution >= 4 is 17.5 Å². The largest absolute Gasteiger partial charge is 0.349 e. The molecule has 0 aliphatic heterocycles. The second-order valence-electron chi connectivity index (χ2n) is 7.18. The molecule has 0 radical (unpaired) electrons. The van der Waals surface area contributed by atoms with Gasteiger partial charge in [-0.3, -0.25) is 9.59 Å². The van der Waals surface area contributed by atoms with Gasteiger partial charge in [-0.1, -0.05) is 18.2 Å². The highest BCUT2D eigenvalue weighted by molar-refractivity contribution is 5.96. The Morgan fingerprint density at radius 3 is 2.23 bits per heavy atom. The lowest BCUT2D eigenvalue weighted by molar-refractivity contribution is -0.124. The summed E-state index contributed by atoms with van der Waals surface area (Å²) in [6.45, 7) is 4.48. The third-order valence-electron chi connectivity index (χ3n) is 4.22. The van der Waals surface area contributed by atoms with Gasteiger partial charge in [0.1, 0.15) is 0 Å². The molecule has 4 heteroatoms. The SMILES string of the molecule is CC(C)(CN(C(=O)C1CC1)c1ccccc1)NC(=O)C1CC1. The quantitative estimate of drug-likeness (QED) is 0.878. The van der Waals surface area contributed by atoms with Gasteiger partial charge in [-0.15, -0.1) is 0 Å². The monoisotopic (exact) mass is 300 g/mol. The smallest absolute Gasteiger partial charge is 0.230 e. The number of carbonyl (C=O) groups is 2. The first kappa shape index (κ1) is 15.1. The molecule has 0 atom stereocenters. The molecule has 0 heterocycles. The van der Waals surface area contributed by atoms with Crippen LogP contribution in [0, 0.1) is 11.8 Å². The Morgan fingerprint density at radius 1 is 1.09 bits per heavy atom. The normalized spacial score (nSPS) is 17.9. The minimum Gasteiger partial charge on any atom is -0.349 e. The number of carbonyl (C=O) groups excluding carboxylic acids is 2. The maximum atomic E-state index is 12.6. The standard InChI is InChI=1S/C18H24N2O2/c1-18(2,19-16(21)13-8-9-13)12-20(17(22)14-10-11-14)15-6-4-3-5-7-15/h3-7,13-14H,8-12H2,1-2H3,(H,19,21). The number of nitrogens with zero attached hydrogens (tertiary/aromatic N) is 1. The molecule has 4 nitrogen and oxygen atoms in total. The van der Waals surface area contributed by atoms with Crippen LogP contribution < -0.4 is 10.2 Å². The lowest BCUT2D eigenvalue weighted by Gasteiger charge is -2.34. The Balaban J connectivity index is 1.73. The van der Waals surface area contributed by atoms with Crippen molar-refractivity contribution in [3.63, 3.8) is 0 Å². The van der Waals surface area contributed by atoms with E-state index in [4.69, 9.17) is 0 Å². The molecule has 2 aliphatic carbocycles. The first-order chi connectivity index (χ1) is 10.5. The van der Waals surface area contributed by atoms with E-state index in [0.29, 0.717) is 6.54 Å². The maximum Gasteiger partial charge on any atom is 0.230 e. The Labute approximate surface area is 131 Å². The minimum absolute atomic E-state index is 0.122. The molecule has 0 bridgehead atoms. The van der Waals surface area contributed by atoms with Crippen LogP contribution in [0.4, 0.5) is 5.69 Å². The average Bonchev–Trinajstić information content (AvgIpc) is 3.37. The molecule has 2 saturated carbocycles. The number of hydrogen-bond acceptors (Lipinski definition) is 2. The van der Waals surface area contributed by atoms with E-state index in [0.717, 1.165) is 31.4 Å². The fourth-order valence-corrected chi connectivity index (χ4v) is 2.67.